The molecule has 5 heteroatoms. The number of aliphatic carboxylic acids is 1. The monoisotopic (exact) mass is 267 g/mol. The molecule has 0 radical (unpaired) electrons. The van der Waals surface area contributed by atoms with Crippen LogP contribution in [0.4, 0.5) is 0 Å². The number of hydrogen-bond donors (Lipinski definition) is 2. The van der Waals surface area contributed by atoms with Gasteiger partial charge in [-0.1, -0.05) is 13.8 Å². The third kappa shape index (κ3) is 3.59. The van der Waals surface area contributed by atoms with E-state index in [0.717, 1.165) is 0 Å². The molecule has 2 N–H and O–H groups in total. The fraction of sp³-hybridized carbons (Fsp3) is 0.571. The average Bonchev–Trinajstić information content (AvgIpc) is 2.89. The van der Waals surface area contributed by atoms with Crippen LogP contribution in [-0.2, 0) is 9.59 Å². The van der Waals surface area contributed by atoms with Gasteiger partial charge in [-0.3, -0.25) is 9.59 Å². The van der Waals surface area contributed by atoms with Gasteiger partial charge in [0.15, 0.2) is 0 Å². The van der Waals surface area contributed by atoms with Crippen molar-refractivity contribution in [2.45, 2.75) is 46.1 Å². The van der Waals surface area contributed by atoms with Crippen LogP contribution >= 0.6 is 0 Å². The third-order valence-electron chi connectivity index (χ3n) is 3.65. The van der Waals surface area contributed by atoms with Gasteiger partial charge in [0.1, 0.15) is 5.76 Å². The topological polar surface area (TPSA) is 79.5 Å². The predicted molar refractivity (Wildman–Crippen MR) is 70.5 cm³/mol. The molecule has 1 aromatic rings. The highest BCUT2D eigenvalue weighted by Crippen LogP contribution is 2.31. The minimum Gasteiger partial charge on any atom is -0.481 e. The van der Waals surface area contributed by atoms with Crippen LogP contribution in [0, 0.1) is 5.41 Å². The summed E-state index contributed by atoms with van der Waals surface area (Å²) in [5, 5.41) is 12.1. The summed E-state index contributed by atoms with van der Waals surface area (Å²) in [5.74, 6) is -0.532. The van der Waals surface area contributed by atoms with Crippen molar-refractivity contribution in [3.8, 4) is 0 Å². The number of nitrogens with one attached hydrogen (secondary N) is 1. The van der Waals surface area contributed by atoms with Crippen molar-refractivity contribution >= 4 is 11.9 Å². The zero-order chi connectivity index (χ0) is 14.5. The minimum atomic E-state index is -0.979. The Morgan fingerprint density at radius 2 is 2.05 bits per heavy atom. The van der Waals surface area contributed by atoms with Gasteiger partial charge in [-0.2, -0.15) is 0 Å². The molecule has 0 saturated carbocycles. The molecule has 0 aliphatic heterocycles. The zero-order valence-corrected chi connectivity index (χ0v) is 11.6. The molecule has 0 aromatic carbocycles. The van der Waals surface area contributed by atoms with E-state index in [1.807, 2.05) is 0 Å². The average molecular weight is 267 g/mol. The summed E-state index contributed by atoms with van der Waals surface area (Å²) in [6, 6.07) is 3.26. The van der Waals surface area contributed by atoms with Crippen LogP contribution in [0.3, 0.4) is 0 Å². The standard InChI is InChI=1S/C14H21NO4/c1-4-14(5-2,13(17)18)9-12(16)15-10(3)11-7-6-8-19-11/h6-8,10H,4-5,9H2,1-3H3,(H,15,16)(H,17,18)/t10-/m0/s1. The summed E-state index contributed by atoms with van der Waals surface area (Å²) in [5.41, 5.74) is -0.979. The number of carbonyl (C=O) groups excluding carboxylic acids is 1. The molecule has 1 heterocycles. The number of amides is 1. The maximum absolute atomic E-state index is 12.0. The second-order valence-corrected chi connectivity index (χ2v) is 4.77. The molecule has 19 heavy (non-hydrogen) atoms. The summed E-state index contributed by atoms with van der Waals surface area (Å²) in [6.07, 6.45) is 2.39. The molecule has 106 valence electrons. The molecule has 0 spiro atoms. The minimum absolute atomic E-state index is 0.0135. The second-order valence-electron chi connectivity index (χ2n) is 4.77. The van der Waals surface area contributed by atoms with E-state index in [4.69, 9.17) is 4.42 Å². The van der Waals surface area contributed by atoms with Crippen molar-refractivity contribution in [2.24, 2.45) is 5.41 Å². The SMILES string of the molecule is CCC(CC)(CC(=O)N[C@@H](C)c1ccco1)C(=O)O. The van der Waals surface area contributed by atoms with Crippen LogP contribution in [0.2, 0.25) is 0 Å². The van der Waals surface area contributed by atoms with Gasteiger partial charge < -0.3 is 14.8 Å². The summed E-state index contributed by atoms with van der Waals surface area (Å²) >= 11 is 0. The third-order valence-corrected chi connectivity index (χ3v) is 3.65. The van der Waals surface area contributed by atoms with Crippen LogP contribution in [-0.4, -0.2) is 17.0 Å². The van der Waals surface area contributed by atoms with E-state index in [9.17, 15) is 14.7 Å². The Hall–Kier alpha value is -1.78. The molecule has 0 unspecified atom stereocenters. The van der Waals surface area contributed by atoms with Gasteiger partial charge in [0.2, 0.25) is 5.91 Å². The summed E-state index contributed by atoms with van der Waals surface area (Å²) in [7, 11) is 0. The number of hydrogen-bond acceptors (Lipinski definition) is 3. The van der Waals surface area contributed by atoms with Crippen molar-refractivity contribution in [3.05, 3.63) is 24.2 Å². The predicted octanol–water partition coefficient (Wildman–Crippen LogP) is 2.74. The normalized spacial score (nSPS) is 13.0. The lowest BCUT2D eigenvalue weighted by Crippen LogP contribution is -2.37. The smallest absolute Gasteiger partial charge is 0.310 e. The molecule has 1 amide bonds. The van der Waals surface area contributed by atoms with Gasteiger partial charge in [0.25, 0.3) is 0 Å². The highest BCUT2D eigenvalue weighted by Gasteiger charge is 2.37. The van der Waals surface area contributed by atoms with Gasteiger partial charge in [0, 0.05) is 6.42 Å². The first-order chi connectivity index (χ1) is 8.95. The van der Waals surface area contributed by atoms with Crippen LogP contribution in [0.25, 0.3) is 0 Å². The van der Waals surface area contributed by atoms with Crippen molar-refractivity contribution in [2.75, 3.05) is 0 Å². The lowest BCUT2D eigenvalue weighted by atomic mass is 9.79. The second kappa shape index (κ2) is 6.41. The van der Waals surface area contributed by atoms with Crippen molar-refractivity contribution in [1.29, 1.82) is 0 Å². The van der Waals surface area contributed by atoms with Crippen LogP contribution in [0.5, 0.6) is 0 Å². The first-order valence-electron chi connectivity index (χ1n) is 6.51. The van der Waals surface area contributed by atoms with E-state index in [1.54, 1.807) is 32.9 Å². The molecule has 1 atom stereocenters. The first kappa shape index (κ1) is 15.3. The molecular weight excluding hydrogens is 246 g/mol. The van der Waals surface area contributed by atoms with Crippen molar-refractivity contribution < 1.29 is 19.1 Å². The molecule has 0 aliphatic carbocycles. The molecule has 5 nitrogen and oxygen atoms in total. The Morgan fingerprint density at radius 1 is 1.42 bits per heavy atom. The van der Waals surface area contributed by atoms with E-state index in [0.29, 0.717) is 18.6 Å². The highest BCUT2D eigenvalue weighted by atomic mass is 16.4. The fourth-order valence-electron chi connectivity index (χ4n) is 2.09. The Bertz CT molecular complexity index is 421. The number of carbonyl (C=O) groups is 2. The van der Waals surface area contributed by atoms with Crippen molar-refractivity contribution in [3.63, 3.8) is 0 Å². The Balaban J connectivity index is 2.66. The number of carboxylic acid groups (broad SMARTS) is 1. The van der Waals surface area contributed by atoms with E-state index >= 15 is 0 Å². The fourth-order valence-corrected chi connectivity index (χ4v) is 2.09. The molecule has 1 aromatic heterocycles. The van der Waals surface area contributed by atoms with Crippen LogP contribution < -0.4 is 5.32 Å². The maximum atomic E-state index is 12.0. The molecule has 0 bridgehead atoms. The lowest BCUT2D eigenvalue weighted by molar-refractivity contribution is -0.152. The maximum Gasteiger partial charge on any atom is 0.310 e. The van der Waals surface area contributed by atoms with E-state index < -0.39 is 11.4 Å². The molecule has 0 aliphatic rings. The molecule has 0 saturated heterocycles. The number of carboxylic acids is 1. The van der Waals surface area contributed by atoms with Gasteiger partial charge in [-0.05, 0) is 31.9 Å². The first-order valence-corrected chi connectivity index (χ1v) is 6.51. The number of furan rings is 1. The Morgan fingerprint density at radius 3 is 2.47 bits per heavy atom. The van der Waals surface area contributed by atoms with Crippen LogP contribution in [0.1, 0.15) is 51.8 Å². The van der Waals surface area contributed by atoms with Gasteiger partial charge in [0.05, 0.1) is 17.7 Å². The summed E-state index contributed by atoms with van der Waals surface area (Å²) in [4.78, 5) is 23.3. The Kier molecular flexibility index (Phi) is 5.15. The zero-order valence-electron chi connectivity index (χ0n) is 11.6. The Labute approximate surface area is 113 Å². The van der Waals surface area contributed by atoms with Crippen molar-refractivity contribution in [1.82, 2.24) is 5.32 Å². The molecular formula is C14H21NO4. The molecule has 1 rings (SSSR count). The molecule has 0 fully saturated rings. The quantitative estimate of drug-likeness (QED) is 0.796. The highest BCUT2D eigenvalue weighted by molar-refractivity contribution is 5.85. The van der Waals surface area contributed by atoms with E-state index in [-0.39, 0.29) is 18.4 Å². The number of rotatable bonds is 7. The van der Waals surface area contributed by atoms with Gasteiger partial charge >= 0.3 is 5.97 Å². The van der Waals surface area contributed by atoms with Crippen LogP contribution in [0.15, 0.2) is 22.8 Å². The van der Waals surface area contributed by atoms with E-state index in [1.165, 1.54) is 6.26 Å². The largest absolute Gasteiger partial charge is 0.481 e. The van der Waals surface area contributed by atoms with Gasteiger partial charge in [-0.15, -0.1) is 0 Å². The van der Waals surface area contributed by atoms with Gasteiger partial charge in [-0.25, -0.2) is 0 Å². The summed E-state index contributed by atoms with van der Waals surface area (Å²) in [6.45, 7) is 5.39. The lowest BCUT2D eigenvalue weighted by Gasteiger charge is -2.26. The summed E-state index contributed by atoms with van der Waals surface area (Å²) < 4.78 is 5.20. The van der Waals surface area contributed by atoms with E-state index in [2.05, 4.69) is 5.32 Å².